The van der Waals surface area contributed by atoms with Gasteiger partial charge in [0.1, 0.15) is 5.82 Å². The second-order valence-corrected chi connectivity index (χ2v) is 4.62. The maximum Gasteiger partial charge on any atom is 0.272 e. The van der Waals surface area contributed by atoms with Crippen LogP contribution in [0, 0.1) is 17.0 Å². The number of fused-ring (bicyclic) bond motifs is 1. The molecule has 0 saturated heterocycles. The molecule has 3 rings (SSSR count). The molecule has 0 aliphatic carbocycles. The molecule has 0 fully saturated rings. The fourth-order valence-electron chi connectivity index (χ4n) is 2.16. The zero-order valence-electron chi connectivity index (χ0n) is 11.4. The van der Waals surface area contributed by atoms with Gasteiger partial charge in [-0.2, -0.15) is 5.10 Å². The third-order valence-electron chi connectivity index (χ3n) is 3.33. The van der Waals surface area contributed by atoms with Crippen LogP contribution in [0.4, 0.5) is 11.5 Å². The van der Waals surface area contributed by atoms with Crippen LogP contribution in [0.5, 0.6) is 0 Å². The van der Waals surface area contributed by atoms with Gasteiger partial charge in [0.25, 0.3) is 5.69 Å². The van der Waals surface area contributed by atoms with Crippen LogP contribution in [0.1, 0.15) is 11.1 Å². The van der Waals surface area contributed by atoms with Crippen LogP contribution in [0.3, 0.4) is 0 Å². The maximum atomic E-state index is 10.9. The lowest BCUT2D eigenvalue weighted by molar-refractivity contribution is -0.385. The van der Waals surface area contributed by atoms with E-state index in [-0.39, 0.29) is 10.6 Å². The Bertz CT molecular complexity index is 812. The number of hydrogen-bond acceptors (Lipinski definition) is 5. The molecule has 21 heavy (non-hydrogen) atoms. The van der Waals surface area contributed by atoms with Crippen molar-refractivity contribution in [1.82, 2.24) is 14.6 Å². The van der Waals surface area contributed by atoms with Gasteiger partial charge in [0.05, 0.1) is 11.1 Å². The minimum absolute atomic E-state index is 0.133. The molecule has 0 unspecified atom stereocenters. The number of nitro benzene ring substituents is 1. The minimum atomic E-state index is -0.366. The Morgan fingerprint density at radius 1 is 1.33 bits per heavy atom. The third-order valence-corrected chi connectivity index (χ3v) is 3.33. The molecule has 0 aliphatic heterocycles. The summed E-state index contributed by atoms with van der Waals surface area (Å²) in [5.74, 6) is 0.703. The molecule has 0 radical (unpaired) electrons. The van der Waals surface area contributed by atoms with Crippen molar-refractivity contribution in [3.05, 3.63) is 64.0 Å². The van der Waals surface area contributed by atoms with Crippen molar-refractivity contribution < 1.29 is 4.92 Å². The minimum Gasteiger partial charge on any atom is -0.366 e. The Kier molecular flexibility index (Phi) is 3.23. The lowest BCUT2D eigenvalue weighted by Gasteiger charge is -2.08. The summed E-state index contributed by atoms with van der Waals surface area (Å²) in [4.78, 5) is 15.0. The van der Waals surface area contributed by atoms with E-state index >= 15 is 0 Å². The molecule has 1 N–H and O–H groups in total. The van der Waals surface area contributed by atoms with Crippen molar-refractivity contribution in [2.24, 2.45) is 0 Å². The molecule has 7 heteroatoms. The highest BCUT2D eigenvalue weighted by atomic mass is 16.6. The van der Waals surface area contributed by atoms with Gasteiger partial charge in [-0.05, 0) is 18.6 Å². The van der Waals surface area contributed by atoms with E-state index in [2.05, 4.69) is 15.4 Å². The molecule has 0 atom stereocenters. The predicted molar refractivity (Wildman–Crippen MR) is 78.1 cm³/mol. The number of hydrogen-bond donors (Lipinski definition) is 1. The van der Waals surface area contributed by atoms with Gasteiger partial charge in [0.15, 0.2) is 5.65 Å². The van der Waals surface area contributed by atoms with Crippen molar-refractivity contribution >= 4 is 17.2 Å². The first-order chi connectivity index (χ1) is 10.1. The largest absolute Gasteiger partial charge is 0.366 e. The number of nitro groups is 1. The van der Waals surface area contributed by atoms with E-state index in [9.17, 15) is 10.1 Å². The number of benzene rings is 1. The van der Waals surface area contributed by atoms with Gasteiger partial charge in [-0.3, -0.25) is 10.1 Å². The third kappa shape index (κ3) is 2.53. The number of aromatic nitrogens is 3. The van der Waals surface area contributed by atoms with Crippen LogP contribution in [0.15, 0.2) is 42.7 Å². The normalized spacial score (nSPS) is 10.7. The Labute approximate surface area is 120 Å². The first-order valence-electron chi connectivity index (χ1n) is 6.42. The van der Waals surface area contributed by atoms with E-state index in [1.54, 1.807) is 23.7 Å². The monoisotopic (exact) mass is 283 g/mol. The van der Waals surface area contributed by atoms with E-state index in [0.29, 0.717) is 17.9 Å². The average Bonchev–Trinajstić information content (AvgIpc) is 2.93. The molecule has 3 aromatic rings. The molecule has 0 amide bonds. The predicted octanol–water partition coefficient (Wildman–Crippen LogP) is 2.56. The van der Waals surface area contributed by atoms with Gasteiger partial charge in [-0.15, -0.1) is 0 Å². The van der Waals surface area contributed by atoms with Crippen molar-refractivity contribution in [3.63, 3.8) is 0 Å². The maximum absolute atomic E-state index is 10.9. The summed E-state index contributed by atoms with van der Waals surface area (Å²) in [7, 11) is 0. The summed E-state index contributed by atoms with van der Waals surface area (Å²) < 4.78 is 1.67. The molecule has 7 nitrogen and oxygen atoms in total. The van der Waals surface area contributed by atoms with Crippen molar-refractivity contribution in [2.75, 3.05) is 5.32 Å². The Morgan fingerprint density at radius 2 is 2.19 bits per heavy atom. The number of rotatable bonds is 4. The van der Waals surface area contributed by atoms with Gasteiger partial charge in [0.2, 0.25) is 0 Å². The second kappa shape index (κ2) is 5.20. The van der Waals surface area contributed by atoms with E-state index in [1.165, 1.54) is 6.07 Å². The van der Waals surface area contributed by atoms with Crippen LogP contribution in [-0.4, -0.2) is 19.5 Å². The first kappa shape index (κ1) is 13.0. The van der Waals surface area contributed by atoms with Crippen LogP contribution in [0.25, 0.3) is 5.65 Å². The van der Waals surface area contributed by atoms with E-state index in [1.807, 2.05) is 24.4 Å². The molecule has 0 saturated carbocycles. The molecule has 0 bridgehead atoms. The highest BCUT2D eigenvalue weighted by molar-refractivity contribution is 5.48. The Morgan fingerprint density at radius 3 is 3.00 bits per heavy atom. The van der Waals surface area contributed by atoms with E-state index < -0.39 is 0 Å². The fraction of sp³-hybridized carbons (Fsp3) is 0.143. The van der Waals surface area contributed by atoms with E-state index in [4.69, 9.17) is 0 Å². The molecular weight excluding hydrogens is 270 g/mol. The van der Waals surface area contributed by atoms with Gasteiger partial charge in [0, 0.05) is 30.4 Å². The second-order valence-electron chi connectivity index (χ2n) is 4.62. The number of anilines is 1. The van der Waals surface area contributed by atoms with Gasteiger partial charge >= 0.3 is 0 Å². The summed E-state index contributed by atoms with van der Waals surface area (Å²) in [6, 6.07) is 8.69. The number of nitrogens with one attached hydrogen (secondary N) is 1. The van der Waals surface area contributed by atoms with Crippen LogP contribution in [0.2, 0.25) is 0 Å². The number of nitrogens with zero attached hydrogens (tertiary/aromatic N) is 4. The standard InChI is InChI=1S/C14H13N5O2/c1-10-11(3-2-4-12(10)19(20)21)9-15-13-6-8-18-14(17-13)5-7-16-18/h2-8H,9H2,1H3,(H,15,17). The highest BCUT2D eigenvalue weighted by Gasteiger charge is 2.12. The molecule has 0 aliphatic rings. The summed E-state index contributed by atoms with van der Waals surface area (Å²) >= 11 is 0. The van der Waals surface area contributed by atoms with Crippen molar-refractivity contribution in [3.8, 4) is 0 Å². The highest BCUT2D eigenvalue weighted by Crippen LogP contribution is 2.21. The molecule has 0 spiro atoms. The summed E-state index contributed by atoms with van der Waals surface area (Å²) in [6.45, 7) is 2.23. The first-order valence-corrected chi connectivity index (χ1v) is 6.42. The van der Waals surface area contributed by atoms with Crippen LogP contribution in [-0.2, 0) is 6.54 Å². The van der Waals surface area contributed by atoms with E-state index in [0.717, 1.165) is 11.2 Å². The van der Waals surface area contributed by atoms with Gasteiger partial charge in [-0.1, -0.05) is 12.1 Å². The average molecular weight is 283 g/mol. The Hall–Kier alpha value is -2.96. The lowest BCUT2D eigenvalue weighted by atomic mass is 10.1. The lowest BCUT2D eigenvalue weighted by Crippen LogP contribution is -2.05. The topological polar surface area (TPSA) is 85.4 Å². The van der Waals surface area contributed by atoms with Gasteiger partial charge in [-0.25, -0.2) is 9.50 Å². The zero-order valence-corrected chi connectivity index (χ0v) is 11.4. The molecule has 2 heterocycles. The van der Waals surface area contributed by atoms with Crippen LogP contribution >= 0.6 is 0 Å². The summed E-state index contributed by atoms with van der Waals surface area (Å²) in [5, 5.41) is 18.2. The van der Waals surface area contributed by atoms with Gasteiger partial charge < -0.3 is 5.32 Å². The Balaban J connectivity index is 1.81. The van der Waals surface area contributed by atoms with Crippen molar-refractivity contribution in [1.29, 1.82) is 0 Å². The molecule has 106 valence electrons. The quantitative estimate of drug-likeness (QED) is 0.587. The van der Waals surface area contributed by atoms with Crippen molar-refractivity contribution in [2.45, 2.75) is 13.5 Å². The molecule has 1 aromatic carbocycles. The SMILES string of the molecule is Cc1c(CNc2ccn3nccc3n2)cccc1[N+](=O)[O-]. The van der Waals surface area contributed by atoms with Crippen LogP contribution < -0.4 is 5.32 Å². The molecular formula is C14H13N5O2. The summed E-state index contributed by atoms with van der Waals surface area (Å²) in [6.07, 6.45) is 3.49. The molecule has 2 aromatic heterocycles. The smallest absolute Gasteiger partial charge is 0.272 e. The summed E-state index contributed by atoms with van der Waals surface area (Å²) in [5.41, 5.74) is 2.42. The zero-order chi connectivity index (χ0) is 14.8. The fourth-order valence-corrected chi connectivity index (χ4v) is 2.16.